The van der Waals surface area contributed by atoms with Gasteiger partial charge in [-0.05, 0) is 29.8 Å². The quantitative estimate of drug-likeness (QED) is 0.671. The van der Waals surface area contributed by atoms with Crippen molar-refractivity contribution in [1.29, 1.82) is 0 Å². The van der Waals surface area contributed by atoms with Crippen LogP contribution in [0, 0.1) is 11.8 Å². The Balaban J connectivity index is 1.83. The van der Waals surface area contributed by atoms with E-state index in [2.05, 4.69) is 33.1 Å². The second-order valence-electron chi connectivity index (χ2n) is 4.24. The van der Waals surface area contributed by atoms with Gasteiger partial charge >= 0.3 is 0 Å². The monoisotopic (exact) mass is 339 g/mol. The molecule has 0 unspecified atom stereocenters. The lowest BCUT2D eigenvalue weighted by Gasteiger charge is -1.97. The highest BCUT2D eigenvalue weighted by molar-refractivity contribution is 9.10. The number of halogens is 1. The lowest BCUT2D eigenvalue weighted by Crippen LogP contribution is -2.20. The van der Waals surface area contributed by atoms with E-state index in [0.717, 1.165) is 15.6 Å². The van der Waals surface area contributed by atoms with Crippen LogP contribution >= 0.6 is 15.9 Å². The van der Waals surface area contributed by atoms with Crippen LogP contribution in [0.2, 0.25) is 0 Å². The highest BCUT2D eigenvalue weighted by Crippen LogP contribution is 2.16. The van der Waals surface area contributed by atoms with Crippen LogP contribution in [0.1, 0.15) is 11.1 Å². The Kier molecular flexibility index (Phi) is 5.81. The van der Waals surface area contributed by atoms with E-state index in [0.29, 0.717) is 6.54 Å². The average molecular weight is 340 g/mol. The molecule has 0 aliphatic heterocycles. The van der Waals surface area contributed by atoms with Gasteiger partial charge in [-0.25, -0.2) is 0 Å². The Morgan fingerprint density at radius 2 is 1.81 bits per heavy atom. The minimum absolute atomic E-state index is 0.159. The molecule has 2 aromatic rings. The van der Waals surface area contributed by atoms with Crippen LogP contribution < -0.4 is 5.32 Å². The number of amides is 1. The molecule has 1 amide bonds. The van der Waals surface area contributed by atoms with Crippen molar-refractivity contribution in [2.75, 3.05) is 6.54 Å². The molecule has 0 bridgehead atoms. The zero-order chi connectivity index (χ0) is 14.9. The number of nitrogens with one attached hydrogen (secondary N) is 1. The summed E-state index contributed by atoms with van der Waals surface area (Å²) in [5, 5.41) is 2.73. The lowest BCUT2D eigenvalue weighted by molar-refractivity contribution is -0.116. The van der Waals surface area contributed by atoms with E-state index in [9.17, 15) is 4.79 Å². The summed E-state index contributed by atoms with van der Waals surface area (Å²) < 4.78 is 0.956. The molecule has 0 spiro atoms. The van der Waals surface area contributed by atoms with Crippen LogP contribution in [0.5, 0.6) is 0 Å². The van der Waals surface area contributed by atoms with E-state index >= 15 is 0 Å². The molecule has 1 N–H and O–H groups in total. The normalized spacial score (nSPS) is 9.95. The van der Waals surface area contributed by atoms with Gasteiger partial charge in [0.05, 0.1) is 6.54 Å². The molecule has 0 heterocycles. The maximum Gasteiger partial charge on any atom is 0.244 e. The highest BCUT2D eigenvalue weighted by Gasteiger charge is 1.95. The molecule has 0 atom stereocenters. The van der Waals surface area contributed by atoms with Gasteiger partial charge < -0.3 is 5.32 Å². The first kappa shape index (κ1) is 15.1. The summed E-state index contributed by atoms with van der Waals surface area (Å²) >= 11 is 3.43. The number of carbonyl (C=O) groups is 1. The zero-order valence-corrected chi connectivity index (χ0v) is 12.9. The highest BCUT2D eigenvalue weighted by atomic mass is 79.9. The Hall–Kier alpha value is -2.31. The molecule has 2 nitrogen and oxygen atoms in total. The maximum atomic E-state index is 11.7. The third-order valence-corrected chi connectivity index (χ3v) is 3.40. The van der Waals surface area contributed by atoms with Gasteiger partial charge in [-0.2, -0.15) is 0 Å². The first-order valence-electron chi connectivity index (χ1n) is 6.50. The van der Waals surface area contributed by atoms with Crippen LogP contribution in [-0.2, 0) is 4.79 Å². The van der Waals surface area contributed by atoms with E-state index in [4.69, 9.17) is 0 Å². The third kappa shape index (κ3) is 5.29. The maximum absolute atomic E-state index is 11.7. The molecular formula is C18H14BrNO. The fourth-order valence-corrected chi connectivity index (χ4v) is 2.05. The largest absolute Gasteiger partial charge is 0.342 e. The van der Waals surface area contributed by atoms with Gasteiger partial charge in [-0.1, -0.05) is 64.2 Å². The fraction of sp³-hybridized carbons (Fsp3) is 0.0556. The Bertz CT molecular complexity index is 696. The molecule has 0 aromatic heterocycles. The van der Waals surface area contributed by atoms with Crippen LogP contribution in [-0.4, -0.2) is 12.5 Å². The molecule has 0 aliphatic carbocycles. The van der Waals surface area contributed by atoms with Crippen molar-refractivity contribution in [2.45, 2.75) is 0 Å². The summed E-state index contributed by atoms with van der Waals surface area (Å²) in [4.78, 5) is 11.7. The second-order valence-corrected chi connectivity index (χ2v) is 5.09. The average Bonchev–Trinajstić information content (AvgIpc) is 2.52. The number of hydrogen-bond donors (Lipinski definition) is 1. The summed E-state index contributed by atoms with van der Waals surface area (Å²) in [6, 6.07) is 17.4. The van der Waals surface area contributed by atoms with Gasteiger partial charge in [0.15, 0.2) is 0 Å². The van der Waals surface area contributed by atoms with Crippen molar-refractivity contribution in [3.8, 4) is 11.8 Å². The van der Waals surface area contributed by atoms with Crippen molar-refractivity contribution >= 4 is 27.9 Å². The van der Waals surface area contributed by atoms with Crippen molar-refractivity contribution in [3.05, 3.63) is 76.3 Å². The Labute approximate surface area is 133 Å². The third-order valence-electron chi connectivity index (χ3n) is 2.68. The fourth-order valence-electron chi connectivity index (χ4n) is 1.63. The van der Waals surface area contributed by atoms with Crippen molar-refractivity contribution < 1.29 is 4.79 Å². The number of rotatable bonds is 3. The van der Waals surface area contributed by atoms with E-state index in [1.807, 2.05) is 54.6 Å². The first-order valence-corrected chi connectivity index (χ1v) is 7.29. The molecule has 21 heavy (non-hydrogen) atoms. The standard InChI is InChI=1S/C18H14BrNO/c19-17-11-5-4-10-16(17)12-13-18(21)20-14-6-9-15-7-2-1-3-8-15/h1-5,7-8,10-13H,14H2,(H,20,21)/b13-12+. The summed E-state index contributed by atoms with van der Waals surface area (Å²) in [6.45, 7) is 0.327. The molecular weight excluding hydrogens is 326 g/mol. The molecule has 0 aliphatic rings. The van der Waals surface area contributed by atoms with Gasteiger partial charge in [0, 0.05) is 16.1 Å². The van der Waals surface area contributed by atoms with Crippen molar-refractivity contribution in [2.24, 2.45) is 0 Å². The van der Waals surface area contributed by atoms with Crippen molar-refractivity contribution in [3.63, 3.8) is 0 Å². The molecule has 0 fully saturated rings. The zero-order valence-electron chi connectivity index (χ0n) is 11.3. The van der Waals surface area contributed by atoms with Gasteiger partial charge in [0.1, 0.15) is 0 Å². The number of hydrogen-bond acceptors (Lipinski definition) is 1. The predicted molar refractivity (Wildman–Crippen MR) is 89.5 cm³/mol. The molecule has 0 radical (unpaired) electrons. The van der Waals surface area contributed by atoms with E-state index in [1.165, 1.54) is 6.08 Å². The first-order chi connectivity index (χ1) is 10.3. The topological polar surface area (TPSA) is 29.1 Å². The number of benzene rings is 2. The summed E-state index contributed by atoms with van der Waals surface area (Å²) in [5.41, 5.74) is 1.90. The van der Waals surface area contributed by atoms with Crippen molar-refractivity contribution in [1.82, 2.24) is 5.32 Å². The van der Waals surface area contributed by atoms with Crippen LogP contribution in [0.15, 0.2) is 65.1 Å². The summed E-state index contributed by atoms with van der Waals surface area (Å²) in [6.07, 6.45) is 3.27. The lowest BCUT2D eigenvalue weighted by atomic mass is 10.2. The second kappa shape index (κ2) is 8.08. The summed E-state index contributed by atoms with van der Waals surface area (Å²) in [5.74, 6) is 5.74. The van der Waals surface area contributed by atoms with E-state index in [-0.39, 0.29) is 5.91 Å². The summed E-state index contributed by atoms with van der Waals surface area (Å²) in [7, 11) is 0. The number of carbonyl (C=O) groups excluding carboxylic acids is 1. The molecule has 3 heteroatoms. The predicted octanol–water partition coefficient (Wildman–Crippen LogP) is 3.63. The van der Waals surface area contributed by atoms with Gasteiger partial charge in [0.2, 0.25) is 5.91 Å². The van der Waals surface area contributed by atoms with Gasteiger partial charge in [0.25, 0.3) is 0 Å². The van der Waals surface area contributed by atoms with Gasteiger partial charge in [-0.3, -0.25) is 4.79 Å². The SMILES string of the molecule is O=C(/C=C/c1ccccc1Br)NCC#Cc1ccccc1. The molecule has 104 valence electrons. The van der Waals surface area contributed by atoms with Gasteiger partial charge in [-0.15, -0.1) is 0 Å². The Morgan fingerprint density at radius 1 is 1.10 bits per heavy atom. The van der Waals surface area contributed by atoms with E-state index < -0.39 is 0 Å². The Morgan fingerprint density at radius 3 is 2.57 bits per heavy atom. The van der Waals surface area contributed by atoms with Crippen LogP contribution in [0.3, 0.4) is 0 Å². The van der Waals surface area contributed by atoms with Crippen LogP contribution in [0.25, 0.3) is 6.08 Å². The molecule has 2 aromatic carbocycles. The minimum atomic E-state index is -0.159. The molecule has 2 rings (SSSR count). The molecule has 0 saturated heterocycles. The van der Waals surface area contributed by atoms with E-state index in [1.54, 1.807) is 6.08 Å². The molecule has 0 saturated carbocycles. The minimum Gasteiger partial charge on any atom is -0.342 e. The van der Waals surface area contributed by atoms with Crippen LogP contribution in [0.4, 0.5) is 0 Å². The smallest absolute Gasteiger partial charge is 0.244 e.